The average Bonchev–Trinajstić information content (AvgIpc) is 3.05. The number of carbonyl (C=O) groups is 1. The maximum atomic E-state index is 10.6. The number of para-hydroxylation sites is 1. The van der Waals surface area contributed by atoms with Gasteiger partial charge in [-0.15, -0.1) is 5.10 Å². The van der Waals surface area contributed by atoms with E-state index >= 15 is 0 Å². The predicted octanol–water partition coefficient (Wildman–Crippen LogP) is 4.00. The molecule has 0 aliphatic carbocycles. The molecule has 130 valence electrons. The number of ether oxygens (including phenoxy) is 1. The molecule has 24 heavy (non-hydrogen) atoms. The van der Waals surface area contributed by atoms with Gasteiger partial charge in [-0.25, -0.2) is 4.98 Å². The van der Waals surface area contributed by atoms with Crippen LogP contribution in [0.3, 0.4) is 0 Å². The molecular weight excluding hydrogens is 326 g/mol. The zero-order valence-corrected chi connectivity index (χ0v) is 14.6. The third-order valence-corrected chi connectivity index (χ3v) is 4.27. The summed E-state index contributed by atoms with van der Waals surface area (Å²) in [4.78, 5) is 14.9. The zero-order chi connectivity index (χ0) is 17.2. The fourth-order valence-electron chi connectivity index (χ4n) is 2.23. The SMILES string of the molecule is CCCCCCCOc1ccccc1-c1nc(SCC(=O)O)n[nH]1. The largest absolute Gasteiger partial charge is 0.493 e. The number of carboxylic acids is 1. The molecule has 6 nitrogen and oxygen atoms in total. The monoisotopic (exact) mass is 349 g/mol. The molecule has 7 heteroatoms. The Balaban J connectivity index is 1.94. The number of carboxylic acid groups (broad SMARTS) is 1. The van der Waals surface area contributed by atoms with Crippen molar-refractivity contribution >= 4 is 17.7 Å². The number of H-pyrrole nitrogens is 1. The van der Waals surface area contributed by atoms with Gasteiger partial charge in [0, 0.05) is 0 Å². The first-order valence-electron chi connectivity index (χ1n) is 8.20. The summed E-state index contributed by atoms with van der Waals surface area (Å²) < 4.78 is 5.89. The molecule has 0 unspecified atom stereocenters. The fraction of sp³-hybridized carbons (Fsp3) is 0.471. The summed E-state index contributed by atoms with van der Waals surface area (Å²) >= 11 is 1.09. The molecule has 2 N–H and O–H groups in total. The van der Waals surface area contributed by atoms with Crippen molar-refractivity contribution in [1.29, 1.82) is 0 Å². The lowest BCUT2D eigenvalue weighted by molar-refractivity contribution is -0.133. The molecule has 2 rings (SSSR count). The van der Waals surface area contributed by atoms with Crippen LogP contribution in [0.15, 0.2) is 29.4 Å². The summed E-state index contributed by atoms with van der Waals surface area (Å²) in [6, 6.07) is 7.66. The highest BCUT2D eigenvalue weighted by Crippen LogP contribution is 2.28. The van der Waals surface area contributed by atoms with Gasteiger partial charge in [0.1, 0.15) is 5.75 Å². The van der Waals surface area contributed by atoms with Gasteiger partial charge in [0.2, 0.25) is 5.16 Å². The lowest BCUT2D eigenvalue weighted by Crippen LogP contribution is -1.99. The van der Waals surface area contributed by atoms with Crippen molar-refractivity contribution < 1.29 is 14.6 Å². The highest BCUT2D eigenvalue weighted by atomic mass is 32.2. The molecule has 0 aliphatic heterocycles. The Morgan fingerprint density at radius 3 is 2.83 bits per heavy atom. The molecule has 1 aromatic heterocycles. The molecule has 0 aliphatic rings. The summed E-state index contributed by atoms with van der Waals surface area (Å²) in [7, 11) is 0. The van der Waals surface area contributed by atoms with Crippen LogP contribution in [0.25, 0.3) is 11.4 Å². The Kier molecular flexibility index (Phi) is 7.61. The van der Waals surface area contributed by atoms with Crippen LogP contribution in [0.5, 0.6) is 5.75 Å². The van der Waals surface area contributed by atoms with Gasteiger partial charge in [-0.1, -0.05) is 56.5 Å². The normalized spacial score (nSPS) is 10.7. The van der Waals surface area contributed by atoms with Crippen molar-refractivity contribution in [2.24, 2.45) is 0 Å². The molecule has 1 aromatic carbocycles. The van der Waals surface area contributed by atoms with E-state index in [-0.39, 0.29) is 5.75 Å². The highest BCUT2D eigenvalue weighted by molar-refractivity contribution is 7.99. The van der Waals surface area contributed by atoms with Crippen LogP contribution in [-0.2, 0) is 4.79 Å². The van der Waals surface area contributed by atoms with Gasteiger partial charge < -0.3 is 9.84 Å². The number of hydrogen-bond acceptors (Lipinski definition) is 5. The molecule has 0 radical (unpaired) electrons. The maximum Gasteiger partial charge on any atom is 0.313 e. The lowest BCUT2D eigenvalue weighted by atomic mass is 10.1. The van der Waals surface area contributed by atoms with E-state index in [0.29, 0.717) is 17.6 Å². The number of thioether (sulfide) groups is 1. The summed E-state index contributed by atoms with van der Waals surface area (Å²) in [5.74, 6) is 0.397. The van der Waals surface area contributed by atoms with E-state index in [2.05, 4.69) is 22.1 Å². The minimum Gasteiger partial charge on any atom is -0.493 e. The Labute approximate surface area is 146 Å². The number of aromatic nitrogens is 3. The molecule has 0 spiro atoms. The molecule has 0 atom stereocenters. The van der Waals surface area contributed by atoms with Crippen molar-refractivity contribution in [3.8, 4) is 17.1 Å². The smallest absolute Gasteiger partial charge is 0.313 e. The molecule has 0 saturated heterocycles. The van der Waals surface area contributed by atoms with Gasteiger partial charge in [-0.05, 0) is 18.6 Å². The Bertz CT molecular complexity index is 646. The van der Waals surface area contributed by atoms with E-state index in [9.17, 15) is 4.79 Å². The maximum absolute atomic E-state index is 10.6. The van der Waals surface area contributed by atoms with Crippen molar-refractivity contribution in [3.05, 3.63) is 24.3 Å². The van der Waals surface area contributed by atoms with E-state index in [1.54, 1.807) is 0 Å². The number of nitrogens with zero attached hydrogens (tertiary/aromatic N) is 2. The summed E-state index contributed by atoms with van der Waals surface area (Å²) in [6.45, 7) is 2.88. The number of hydrogen-bond donors (Lipinski definition) is 2. The second-order valence-corrected chi connectivity index (χ2v) is 6.35. The van der Waals surface area contributed by atoms with Crippen LogP contribution in [0.1, 0.15) is 39.0 Å². The third kappa shape index (κ3) is 5.88. The van der Waals surface area contributed by atoms with Crippen LogP contribution in [-0.4, -0.2) is 38.6 Å². The first-order chi connectivity index (χ1) is 11.7. The van der Waals surface area contributed by atoms with E-state index in [1.807, 2.05) is 24.3 Å². The molecule has 0 saturated carbocycles. The van der Waals surface area contributed by atoms with Gasteiger partial charge >= 0.3 is 5.97 Å². The van der Waals surface area contributed by atoms with E-state index in [1.165, 1.54) is 25.7 Å². The molecular formula is C17H23N3O3S. The van der Waals surface area contributed by atoms with Crippen molar-refractivity contribution in [3.63, 3.8) is 0 Å². The summed E-state index contributed by atoms with van der Waals surface area (Å²) in [5.41, 5.74) is 0.834. The van der Waals surface area contributed by atoms with E-state index in [4.69, 9.17) is 9.84 Å². The average molecular weight is 349 g/mol. The third-order valence-electron chi connectivity index (χ3n) is 3.44. The van der Waals surface area contributed by atoms with Gasteiger partial charge in [-0.2, -0.15) is 0 Å². The molecule has 0 bridgehead atoms. The quantitative estimate of drug-likeness (QED) is 0.471. The number of unbranched alkanes of at least 4 members (excludes halogenated alkanes) is 4. The fourth-order valence-corrected chi connectivity index (χ4v) is 2.75. The molecule has 2 aromatic rings. The Morgan fingerprint density at radius 1 is 1.25 bits per heavy atom. The second kappa shape index (κ2) is 9.97. The predicted molar refractivity (Wildman–Crippen MR) is 94.4 cm³/mol. The number of aromatic amines is 1. The van der Waals surface area contributed by atoms with E-state index in [0.717, 1.165) is 29.5 Å². The number of benzene rings is 1. The van der Waals surface area contributed by atoms with E-state index < -0.39 is 5.97 Å². The molecule has 0 fully saturated rings. The number of aliphatic carboxylic acids is 1. The van der Waals surface area contributed by atoms with Crippen LogP contribution < -0.4 is 4.74 Å². The zero-order valence-electron chi connectivity index (χ0n) is 13.8. The van der Waals surface area contributed by atoms with Gasteiger partial charge in [0.25, 0.3) is 0 Å². The second-order valence-electron chi connectivity index (χ2n) is 5.41. The van der Waals surface area contributed by atoms with Crippen LogP contribution >= 0.6 is 11.8 Å². The van der Waals surface area contributed by atoms with Crippen molar-refractivity contribution in [2.75, 3.05) is 12.4 Å². The topological polar surface area (TPSA) is 88.1 Å². The Hall–Kier alpha value is -2.02. The number of nitrogens with one attached hydrogen (secondary N) is 1. The first kappa shape index (κ1) is 18.3. The van der Waals surface area contributed by atoms with Crippen LogP contribution in [0.4, 0.5) is 0 Å². The van der Waals surface area contributed by atoms with Crippen molar-refractivity contribution in [1.82, 2.24) is 15.2 Å². The lowest BCUT2D eigenvalue weighted by Gasteiger charge is -2.09. The van der Waals surface area contributed by atoms with Crippen molar-refractivity contribution in [2.45, 2.75) is 44.2 Å². The summed E-state index contributed by atoms with van der Waals surface area (Å²) in [5, 5.41) is 16.0. The molecule has 0 amide bonds. The standard InChI is InChI=1S/C17H23N3O3S/c1-2-3-4-5-8-11-23-14-10-7-6-9-13(14)16-18-17(20-19-16)24-12-15(21)22/h6-7,9-10H,2-5,8,11-12H2,1H3,(H,21,22)(H,18,19,20). The Morgan fingerprint density at radius 2 is 2.04 bits per heavy atom. The minimum absolute atomic E-state index is 0.0623. The van der Waals surface area contributed by atoms with Gasteiger partial charge in [0.05, 0.1) is 17.9 Å². The first-order valence-corrected chi connectivity index (χ1v) is 9.18. The summed E-state index contributed by atoms with van der Waals surface area (Å²) in [6.07, 6.45) is 5.95. The number of rotatable bonds is 11. The van der Waals surface area contributed by atoms with Gasteiger partial charge in [-0.3, -0.25) is 9.89 Å². The minimum atomic E-state index is -0.891. The highest BCUT2D eigenvalue weighted by Gasteiger charge is 2.12. The molecule has 1 heterocycles. The van der Waals surface area contributed by atoms with Gasteiger partial charge in [0.15, 0.2) is 5.82 Å². The van der Waals surface area contributed by atoms with Crippen LogP contribution in [0.2, 0.25) is 0 Å². The van der Waals surface area contributed by atoms with Crippen LogP contribution in [0, 0.1) is 0 Å².